The number of fused-ring (bicyclic) bond motifs is 11. The summed E-state index contributed by atoms with van der Waals surface area (Å²) in [5, 5.41) is 10.4. The SMILES string of the molecule is O=P(c1ccccc1)(c1ccccc1)c1ccc2ccc3c4cc5ccccc5cc4n4c5ccccc5nc4c3c2c1. The highest BCUT2D eigenvalue weighted by Crippen LogP contribution is 2.44. The summed E-state index contributed by atoms with van der Waals surface area (Å²) in [5.41, 5.74) is 4.07. The Hall–Kier alpha value is -5.24. The van der Waals surface area contributed by atoms with Gasteiger partial charge in [-0.2, -0.15) is 0 Å². The minimum atomic E-state index is -3.16. The van der Waals surface area contributed by atoms with Crippen molar-refractivity contribution in [2.24, 2.45) is 0 Å². The van der Waals surface area contributed by atoms with Crippen molar-refractivity contribution >= 4 is 83.0 Å². The van der Waals surface area contributed by atoms with Gasteiger partial charge in [-0.05, 0) is 57.3 Å². The second kappa shape index (κ2) is 9.13. The van der Waals surface area contributed by atoms with E-state index in [0.717, 1.165) is 59.7 Å². The monoisotopic (exact) mass is 568 g/mol. The van der Waals surface area contributed by atoms with Gasteiger partial charge in [-0.15, -0.1) is 0 Å². The van der Waals surface area contributed by atoms with Gasteiger partial charge in [0.05, 0.1) is 16.6 Å². The molecule has 2 aromatic heterocycles. The third-order valence-electron chi connectivity index (χ3n) is 8.79. The van der Waals surface area contributed by atoms with E-state index in [-0.39, 0.29) is 0 Å². The highest BCUT2D eigenvalue weighted by atomic mass is 31.2. The highest BCUT2D eigenvalue weighted by molar-refractivity contribution is 7.85. The topological polar surface area (TPSA) is 34.4 Å². The largest absolute Gasteiger partial charge is 0.309 e. The molecule has 0 saturated carbocycles. The van der Waals surface area contributed by atoms with Gasteiger partial charge in [0, 0.05) is 26.7 Å². The minimum absolute atomic E-state index is 0.817. The first-order chi connectivity index (χ1) is 21.2. The number of aromatic nitrogens is 2. The number of nitrogens with zero attached hydrogens (tertiary/aromatic N) is 2. The lowest BCUT2D eigenvalue weighted by atomic mass is 9.97. The lowest BCUT2D eigenvalue weighted by molar-refractivity contribution is 0.592. The maximum absolute atomic E-state index is 15.3. The average molecular weight is 569 g/mol. The molecule has 2 heterocycles. The predicted molar refractivity (Wildman–Crippen MR) is 182 cm³/mol. The van der Waals surface area contributed by atoms with Crippen LogP contribution in [0.2, 0.25) is 0 Å². The number of rotatable bonds is 3. The van der Waals surface area contributed by atoms with Crippen LogP contribution in [-0.4, -0.2) is 9.38 Å². The standard InChI is InChI=1S/C39H25N2OP/c42-43(29-13-3-1-4-14-29,30-15-5-2-6-16-30)31-21-19-26-20-22-32-34-23-27-11-7-8-12-28(27)24-37(34)41-36-18-10-9-17-35(36)40-39(41)38(32)33(26)25-31/h1-25H. The van der Waals surface area contributed by atoms with Crippen molar-refractivity contribution in [1.82, 2.24) is 9.38 Å². The Morgan fingerprint density at radius 3 is 1.84 bits per heavy atom. The molecule has 3 nitrogen and oxygen atoms in total. The number of hydrogen-bond donors (Lipinski definition) is 0. The Bertz CT molecular complexity index is 2540. The molecular formula is C39H25N2OP. The van der Waals surface area contributed by atoms with E-state index in [0.29, 0.717) is 0 Å². The van der Waals surface area contributed by atoms with Crippen molar-refractivity contribution in [1.29, 1.82) is 0 Å². The normalized spacial score (nSPS) is 12.3. The molecule has 0 amide bonds. The van der Waals surface area contributed by atoms with E-state index in [4.69, 9.17) is 4.98 Å². The van der Waals surface area contributed by atoms with Gasteiger partial charge in [-0.25, -0.2) is 4.98 Å². The molecule has 0 bridgehead atoms. The molecule has 0 fully saturated rings. The first-order valence-corrected chi connectivity index (χ1v) is 16.2. The zero-order valence-electron chi connectivity index (χ0n) is 23.2. The zero-order valence-corrected chi connectivity index (χ0v) is 24.1. The second-order valence-electron chi connectivity index (χ2n) is 11.1. The first-order valence-electron chi connectivity index (χ1n) is 14.5. The fourth-order valence-electron chi connectivity index (χ4n) is 6.76. The molecule has 4 heteroatoms. The van der Waals surface area contributed by atoms with Gasteiger partial charge in [0.15, 0.2) is 7.14 Å². The van der Waals surface area contributed by atoms with E-state index in [9.17, 15) is 0 Å². The summed E-state index contributed by atoms with van der Waals surface area (Å²) < 4.78 is 17.6. The van der Waals surface area contributed by atoms with E-state index in [1.54, 1.807) is 0 Å². The molecule has 0 spiro atoms. The van der Waals surface area contributed by atoms with E-state index < -0.39 is 7.14 Å². The first kappa shape index (κ1) is 24.4. The Balaban J connectivity index is 1.47. The Morgan fingerprint density at radius 1 is 0.465 bits per heavy atom. The van der Waals surface area contributed by atoms with Crippen molar-refractivity contribution in [2.75, 3.05) is 0 Å². The maximum atomic E-state index is 15.3. The molecule has 0 atom stereocenters. The van der Waals surface area contributed by atoms with Gasteiger partial charge in [0.25, 0.3) is 0 Å². The molecule has 0 N–H and O–H groups in total. The van der Waals surface area contributed by atoms with Gasteiger partial charge in [0.1, 0.15) is 5.65 Å². The Kier molecular flexibility index (Phi) is 5.17. The summed E-state index contributed by atoms with van der Waals surface area (Å²) in [6.45, 7) is 0. The Labute approximate surface area is 248 Å². The van der Waals surface area contributed by atoms with Crippen LogP contribution in [0.15, 0.2) is 152 Å². The van der Waals surface area contributed by atoms with E-state index in [1.807, 2.05) is 72.8 Å². The van der Waals surface area contributed by atoms with E-state index in [2.05, 4.69) is 83.3 Å². The fraction of sp³-hybridized carbons (Fsp3) is 0. The summed E-state index contributed by atoms with van der Waals surface area (Å²) in [6, 6.07) is 51.9. The van der Waals surface area contributed by atoms with Crippen LogP contribution in [0.5, 0.6) is 0 Å². The van der Waals surface area contributed by atoms with Gasteiger partial charge in [0.2, 0.25) is 0 Å². The lowest BCUT2D eigenvalue weighted by Crippen LogP contribution is -2.24. The van der Waals surface area contributed by atoms with E-state index in [1.165, 1.54) is 16.2 Å². The van der Waals surface area contributed by atoms with Crippen LogP contribution in [0.4, 0.5) is 0 Å². The number of hydrogen-bond acceptors (Lipinski definition) is 2. The van der Waals surface area contributed by atoms with Crippen molar-refractivity contribution in [3.63, 3.8) is 0 Å². The van der Waals surface area contributed by atoms with Crippen LogP contribution >= 0.6 is 7.14 Å². The van der Waals surface area contributed by atoms with Crippen LogP contribution in [0.3, 0.4) is 0 Å². The number of benzene rings is 7. The van der Waals surface area contributed by atoms with E-state index >= 15 is 4.57 Å². The molecule has 9 aromatic rings. The Morgan fingerprint density at radius 2 is 1.09 bits per heavy atom. The molecule has 0 aliphatic heterocycles. The molecule has 0 aliphatic rings. The third-order valence-corrected chi connectivity index (χ3v) is 11.8. The van der Waals surface area contributed by atoms with Crippen molar-refractivity contribution in [2.45, 2.75) is 0 Å². The average Bonchev–Trinajstić information content (AvgIpc) is 3.47. The third kappa shape index (κ3) is 3.49. The predicted octanol–water partition coefficient (Wildman–Crippen LogP) is 8.74. The lowest BCUT2D eigenvalue weighted by Gasteiger charge is -2.21. The molecule has 0 aliphatic carbocycles. The van der Waals surface area contributed by atoms with Gasteiger partial charge in [-0.3, -0.25) is 4.40 Å². The number of imidazole rings is 1. The molecule has 0 unspecified atom stereocenters. The molecule has 202 valence electrons. The highest BCUT2D eigenvalue weighted by Gasteiger charge is 2.30. The van der Waals surface area contributed by atoms with Gasteiger partial charge >= 0.3 is 0 Å². The zero-order chi connectivity index (χ0) is 28.5. The van der Waals surface area contributed by atoms with Crippen molar-refractivity contribution in [3.8, 4) is 0 Å². The van der Waals surface area contributed by atoms with Crippen LogP contribution in [0.25, 0.3) is 59.9 Å². The van der Waals surface area contributed by atoms with Crippen LogP contribution in [-0.2, 0) is 4.57 Å². The number of para-hydroxylation sites is 2. The summed E-state index contributed by atoms with van der Waals surface area (Å²) >= 11 is 0. The molecule has 43 heavy (non-hydrogen) atoms. The summed E-state index contributed by atoms with van der Waals surface area (Å²) in [7, 11) is -3.16. The number of pyridine rings is 1. The minimum Gasteiger partial charge on any atom is -0.309 e. The van der Waals surface area contributed by atoms with Crippen molar-refractivity contribution < 1.29 is 4.57 Å². The molecule has 7 aromatic carbocycles. The summed E-state index contributed by atoms with van der Waals surface area (Å²) in [5.74, 6) is 0. The van der Waals surface area contributed by atoms with Gasteiger partial charge < -0.3 is 4.57 Å². The van der Waals surface area contributed by atoms with Crippen LogP contribution < -0.4 is 15.9 Å². The molecular weight excluding hydrogens is 543 g/mol. The maximum Gasteiger partial charge on any atom is 0.171 e. The van der Waals surface area contributed by atoms with Crippen LogP contribution in [0, 0.1) is 0 Å². The second-order valence-corrected chi connectivity index (χ2v) is 13.9. The quantitative estimate of drug-likeness (QED) is 0.121. The summed E-state index contributed by atoms with van der Waals surface area (Å²) in [6.07, 6.45) is 0. The summed E-state index contributed by atoms with van der Waals surface area (Å²) in [4.78, 5) is 5.23. The fourth-order valence-corrected chi connectivity index (χ4v) is 9.43. The van der Waals surface area contributed by atoms with Gasteiger partial charge in [-0.1, -0.05) is 121 Å². The molecule has 0 radical (unpaired) electrons. The smallest absolute Gasteiger partial charge is 0.171 e. The van der Waals surface area contributed by atoms with Crippen LogP contribution in [0.1, 0.15) is 0 Å². The molecule has 0 saturated heterocycles. The molecule has 9 rings (SSSR count). The van der Waals surface area contributed by atoms with Crippen molar-refractivity contribution in [3.05, 3.63) is 152 Å².